The van der Waals surface area contributed by atoms with Crippen LogP contribution in [0.1, 0.15) is 36.1 Å². The zero-order chi connectivity index (χ0) is 25.5. The molecule has 1 heterocycles. The summed E-state index contributed by atoms with van der Waals surface area (Å²) in [5.74, 6) is -0.277. The topological polar surface area (TPSA) is 76.1 Å². The highest BCUT2D eigenvalue weighted by Gasteiger charge is 2.46. The Kier molecular flexibility index (Phi) is 7.85. The van der Waals surface area contributed by atoms with Crippen LogP contribution in [-0.4, -0.2) is 34.9 Å². The number of ether oxygens (including phenoxy) is 2. The van der Waals surface area contributed by atoms with Crippen molar-refractivity contribution in [2.24, 2.45) is 0 Å². The van der Waals surface area contributed by atoms with E-state index < -0.39 is 17.7 Å². The molecule has 0 saturated carbocycles. The Labute approximate surface area is 211 Å². The van der Waals surface area contributed by atoms with Gasteiger partial charge in [0.15, 0.2) is 0 Å². The molecule has 3 aromatic carbocycles. The Morgan fingerprint density at radius 1 is 0.944 bits per heavy atom. The summed E-state index contributed by atoms with van der Waals surface area (Å²) in [7, 11) is 0. The molecule has 0 bridgehead atoms. The summed E-state index contributed by atoms with van der Waals surface area (Å²) in [6, 6.07) is 22.7. The van der Waals surface area contributed by atoms with Crippen LogP contribution in [0.2, 0.25) is 0 Å². The first-order valence-corrected chi connectivity index (χ1v) is 11.9. The first-order chi connectivity index (χ1) is 17.5. The number of likely N-dealkylation sites (tertiary alicyclic amines) is 1. The number of hydrogen-bond acceptors (Lipinski definition) is 5. The molecule has 1 fully saturated rings. The fraction of sp³-hybridized carbons (Fsp3) is 0.200. The summed E-state index contributed by atoms with van der Waals surface area (Å²) in [5.41, 5.74) is 2.07. The predicted octanol–water partition coefficient (Wildman–Crippen LogP) is 5.66. The number of aliphatic hydroxyl groups is 1. The van der Waals surface area contributed by atoms with Gasteiger partial charge in [-0.3, -0.25) is 9.59 Å². The van der Waals surface area contributed by atoms with Crippen LogP contribution >= 0.6 is 0 Å². The van der Waals surface area contributed by atoms with E-state index in [1.54, 1.807) is 42.5 Å². The fourth-order valence-electron chi connectivity index (χ4n) is 4.16. The van der Waals surface area contributed by atoms with Crippen LogP contribution in [0.4, 0.5) is 0 Å². The van der Waals surface area contributed by atoms with Gasteiger partial charge in [-0.1, -0.05) is 62.0 Å². The van der Waals surface area contributed by atoms with Crippen molar-refractivity contribution >= 4 is 17.4 Å². The van der Waals surface area contributed by atoms with Crippen molar-refractivity contribution in [3.8, 4) is 11.5 Å². The second-order valence-electron chi connectivity index (χ2n) is 8.45. The van der Waals surface area contributed by atoms with Crippen LogP contribution in [0.5, 0.6) is 11.5 Å². The second kappa shape index (κ2) is 11.4. The lowest BCUT2D eigenvalue weighted by Crippen LogP contribution is -2.29. The minimum atomic E-state index is -0.755. The van der Waals surface area contributed by atoms with Crippen LogP contribution < -0.4 is 9.47 Å². The third kappa shape index (κ3) is 5.33. The molecule has 1 aliphatic heterocycles. The Balaban J connectivity index is 1.75. The summed E-state index contributed by atoms with van der Waals surface area (Å²) in [5, 5.41) is 11.3. The van der Waals surface area contributed by atoms with Gasteiger partial charge in [0.05, 0.1) is 18.2 Å². The Morgan fingerprint density at radius 2 is 1.58 bits per heavy atom. The molecule has 1 amide bonds. The van der Waals surface area contributed by atoms with Gasteiger partial charge in [0.2, 0.25) is 0 Å². The number of benzene rings is 3. The summed E-state index contributed by atoms with van der Waals surface area (Å²) < 4.78 is 11.2. The number of ketones is 1. The molecule has 3 aromatic rings. The van der Waals surface area contributed by atoms with Gasteiger partial charge in [0, 0.05) is 12.1 Å². The first kappa shape index (κ1) is 24.8. The summed E-state index contributed by atoms with van der Waals surface area (Å²) in [6.07, 6.45) is 2.53. The van der Waals surface area contributed by atoms with Gasteiger partial charge < -0.3 is 19.5 Å². The van der Waals surface area contributed by atoms with Crippen molar-refractivity contribution < 1.29 is 24.2 Å². The van der Waals surface area contributed by atoms with Gasteiger partial charge in [0.1, 0.15) is 23.9 Å². The van der Waals surface area contributed by atoms with E-state index >= 15 is 0 Å². The monoisotopic (exact) mass is 483 g/mol. The van der Waals surface area contributed by atoms with Crippen LogP contribution in [-0.2, 0) is 16.1 Å². The molecule has 6 heteroatoms. The van der Waals surface area contributed by atoms with E-state index in [4.69, 9.17) is 9.47 Å². The number of amides is 1. The van der Waals surface area contributed by atoms with E-state index in [-0.39, 0.29) is 17.9 Å². The van der Waals surface area contributed by atoms with Crippen molar-refractivity contribution in [1.29, 1.82) is 0 Å². The zero-order valence-corrected chi connectivity index (χ0v) is 20.2. The van der Waals surface area contributed by atoms with Gasteiger partial charge in [-0.2, -0.15) is 0 Å². The van der Waals surface area contributed by atoms with Gasteiger partial charge in [0.25, 0.3) is 11.7 Å². The number of hydrogen-bond donors (Lipinski definition) is 1. The van der Waals surface area contributed by atoms with E-state index in [1.807, 2.05) is 49.4 Å². The smallest absolute Gasteiger partial charge is 0.295 e. The van der Waals surface area contributed by atoms with Crippen molar-refractivity contribution in [2.75, 3.05) is 13.2 Å². The molecule has 184 valence electrons. The molecule has 4 rings (SSSR count). The van der Waals surface area contributed by atoms with Crippen LogP contribution in [0.25, 0.3) is 5.76 Å². The number of aliphatic hydroxyl groups excluding tert-OH is 1. The quantitative estimate of drug-likeness (QED) is 0.174. The van der Waals surface area contributed by atoms with E-state index in [0.29, 0.717) is 35.8 Å². The van der Waals surface area contributed by atoms with Crippen LogP contribution in [0, 0.1) is 0 Å². The van der Waals surface area contributed by atoms with Gasteiger partial charge in [-0.05, 0) is 53.9 Å². The minimum absolute atomic E-state index is 0.0536. The molecule has 1 unspecified atom stereocenters. The van der Waals surface area contributed by atoms with Crippen molar-refractivity contribution in [3.63, 3.8) is 0 Å². The van der Waals surface area contributed by atoms with Gasteiger partial charge in [-0.25, -0.2) is 0 Å². The SMILES string of the molecule is C=CCOc1ccc(C2C(=C(O)c3ccc(OCCC)cc3)C(=O)C(=O)N2Cc2ccccc2)cc1. The zero-order valence-electron chi connectivity index (χ0n) is 20.2. The lowest BCUT2D eigenvalue weighted by Gasteiger charge is -2.25. The maximum atomic E-state index is 13.3. The van der Waals surface area contributed by atoms with Crippen molar-refractivity contribution in [1.82, 2.24) is 4.90 Å². The maximum absolute atomic E-state index is 13.3. The number of carbonyl (C=O) groups excluding carboxylic acids is 2. The highest BCUT2D eigenvalue weighted by molar-refractivity contribution is 6.46. The highest BCUT2D eigenvalue weighted by atomic mass is 16.5. The van der Waals surface area contributed by atoms with E-state index in [2.05, 4.69) is 6.58 Å². The first-order valence-electron chi connectivity index (χ1n) is 11.9. The van der Waals surface area contributed by atoms with Crippen molar-refractivity contribution in [2.45, 2.75) is 25.9 Å². The molecule has 1 atom stereocenters. The molecule has 36 heavy (non-hydrogen) atoms. The average Bonchev–Trinajstić information content (AvgIpc) is 3.16. The third-order valence-corrected chi connectivity index (χ3v) is 5.90. The summed E-state index contributed by atoms with van der Waals surface area (Å²) in [4.78, 5) is 27.9. The molecule has 0 aliphatic carbocycles. The largest absolute Gasteiger partial charge is 0.507 e. The molecule has 6 nitrogen and oxygen atoms in total. The van der Waals surface area contributed by atoms with Gasteiger partial charge in [-0.15, -0.1) is 0 Å². The Bertz CT molecular complexity index is 1250. The lowest BCUT2D eigenvalue weighted by atomic mass is 9.95. The number of rotatable bonds is 10. The van der Waals surface area contributed by atoms with Crippen LogP contribution in [0.3, 0.4) is 0 Å². The molecule has 1 saturated heterocycles. The second-order valence-corrected chi connectivity index (χ2v) is 8.45. The molecule has 1 N–H and O–H groups in total. The summed E-state index contributed by atoms with van der Waals surface area (Å²) >= 11 is 0. The van der Waals surface area contributed by atoms with Gasteiger partial charge >= 0.3 is 0 Å². The highest BCUT2D eigenvalue weighted by Crippen LogP contribution is 2.40. The number of carbonyl (C=O) groups is 2. The maximum Gasteiger partial charge on any atom is 0.295 e. The molecule has 0 spiro atoms. The van der Waals surface area contributed by atoms with Crippen LogP contribution in [0.15, 0.2) is 97.1 Å². The lowest BCUT2D eigenvalue weighted by molar-refractivity contribution is -0.140. The van der Waals surface area contributed by atoms with E-state index in [0.717, 1.165) is 12.0 Å². The summed E-state index contributed by atoms with van der Waals surface area (Å²) in [6.45, 7) is 6.85. The minimum Gasteiger partial charge on any atom is -0.507 e. The predicted molar refractivity (Wildman–Crippen MR) is 139 cm³/mol. The molecule has 1 aliphatic rings. The normalized spacial score (nSPS) is 16.7. The number of nitrogens with zero attached hydrogens (tertiary/aromatic N) is 1. The molecular formula is C30H29NO5. The average molecular weight is 484 g/mol. The van der Waals surface area contributed by atoms with E-state index in [1.165, 1.54) is 4.90 Å². The standard InChI is InChI=1S/C30H29NO5/c1-3-18-35-24-14-10-22(11-15-24)27-26(28(32)23-12-16-25(17-13-23)36-19-4-2)29(33)30(34)31(27)20-21-8-6-5-7-9-21/h3,5-17,27,32H,1,4,18-20H2,2H3. The Hall–Kier alpha value is -4.32. The van der Waals surface area contributed by atoms with Crippen molar-refractivity contribution in [3.05, 3.63) is 114 Å². The fourth-order valence-corrected chi connectivity index (χ4v) is 4.16. The molecule has 0 aromatic heterocycles. The molecule has 0 radical (unpaired) electrons. The number of Topliss-reactive ketones (excluding diaryl/α,β-unsaturated/α-hetero) is 1. The molecular weight excluding hydrogens is 454 g/mol. The third-order valence-electron chi connectivity index (χ3n) is 5.90. The Morgan fingerprint density at radius 3 is 2.22 bits per heavy atom. The van der Waals surface area contributed by atoms with E-state index in [9.17, 15) is 14.7 Å².